The molecule has 2 nitrogen and oxygen atoms in total. The smallest absolute Gasteiger partial charge is 0.0127 e. The van der Waals surface area contributed by atoms with Gasteiger partial charge in [0, 0.05) is 38.8 Å². The van der Waals surface area contributed by atoms with E-state index in [-0.39, 0.29) is 0 Å². The molecule has 1 saturated heterocycles. The molecule has 0 aromatic carbocycles. The van der Waals surface area contributed by atoms with Crippen molar-refractivity contribution in [3.63, 3.8) is 0 Å². The minimum absolute atomic E-state index is 0.495. The maximum Gasteiger partial charge on any atom is 0.0127 e. The molecule has 3 fully saturated rings. The van der Waals surface area contributed by atoms with Crippen LogP contribution in [-0.2, 0) is 0 Å². The van der Waals surface area contributed by atoms with Crippen molar-refractivity contribution in [2.24, 2.45) is 17.3 Å². The first kappa shape index (κ1) is 13.9. The van der Waals surface area contributed by atoms with Gasteiger partial charge in [0.1, 0.15) is 0 Å². The van der Waals surface area contributed by atoms with Crippen molar-refractivity contribution in [3.8, 4) is 0 Å². The van der Waals surface area contributed by atoms with Crippen LogP contribution < -0.4 is 0 Å². The van der Waals surface area contributed by atoms with Gasteiger partial charge >= 0.3 is 0 Å². The van der Waals surface area contributed by atoms with Crippen LogP contribution in [0.15, 0.2) is 0 Å². The van der Waals surface area contributed by atoms with Crippen molar-refractivity contribution in [2.45, 2.75) is 58.9 Å². The topological polar surface area (TPSA) is 6.48 Å². The Hall–Kier alpha value is -0.0800. The number of hydrogen-bond donors (Lipinski definition) is 0. The summed E-state index contributed by atoms with van der Waals surface area (Å²) in [4.78, 5) is 5.53. The van der Waals surface area contributed by atoms with Crippen LogP contribution in [0.4, 0.5) is 0 Å². The van der Waals surface area contributed by atoms with Crippen molar-refractivity contribution < 1.29 is 0 Å². The third-order valence-corrected chi connectivity index (χ3v) is 6.19. The van der Waals surface area contributed by atoms with Gasteiger partial charge in [0.25, 0.3) is 0 Å². The molecule has 0 aromatic rings. The second-order valence-corrected chi connectivity index (χ2v) is 8.07. The standard InChI is InChI=1S/C17H32N2/c1-4-17(2,3)13-18-7-9-19(10-8-18)16-12-14-5-6-15(16)11-14/h14-16H,4-13H2,1-3H3. The highest BCUT2D eigenvalue weighted by molar-refractivity contribution is 4.96. The predicted molar refractivity (Wildman–Crippen MR) is 81.3 cm³/mol. The minimum Gasteiger partial charge on any atom is -0.300 e. The molecule has 110 valence electrons. The number of fused-ring (bicyclic) bond motifs is 2. The SMILES string of the molecule is CCC(C)(C)CN1CCN(C2CC3CCC2C3)CC1. The lowest BCUT2D eigenvalue weighted by Crippen LogP contribution is -2.53. The van der Waals surface area contributed by atoms with Crippen LogP contribution in [-0.4, -0.2) is 48.6 Å². The summed E-state index contributed by atoms with van der Waals surface area (Å²) in [6.07, 6.45) is 7.42. The summed E-state index contributed by atoms with van der Waals surface area (Å²) in [5.41, 5.74) is 0.495. The zero-order chi connectivity index (χ0) is 13.5. The lowest BCUT2D eigenvalue weighted by molar-refractivity contribution is 0.0528. The van der Waals surface area contributed by atoms with E-state index in [2.05, 4.69) is 30.6 Å². The largest absolute Gasteiger partial charge is 0.300 e. The molecular weight excluding hydrogens is 232 g/mol. The van der Waals surface area contributed by atoms with Crippen molar-refractivity contribution in [3.05, 3.63) is 0 Å². The van der Waals surface area contributed by atoms with Gasteiger partial charge in [-0.2, -0.15) is 0 Å². The number of rotatable bonds is 4. The van der Waals surface area contributed by atoms with Crippen LogP contribution in [0.2, 0.25) is 0 Å². The molecule has 1 aliphatic heterocycles. The van der Waals surface area contributed by atoms with Crippen molar-refractivity contribution in [1.29, 1.82) is 0 Å². The Bertz CT molecular complexity index is 304. The first-order chi connectivity index (χ1) is 9.07. The highest BCUT2D eigenvalue weighted by atomic mass is 15.3. The fourth-order valence-electron chi connectivity index (χ4n) is 4.63. The van der Waals surface area contributed by atoms with E-state index in [1.807, 2.05) is 0 Å². The highest BCUT2D eigenvalue weighted by Crippen LogP contribution is 2.46. The molecule has 19 heavy (non-hydrogen) atoms. The van der Waals surface area contributed by atoms with E-state index in [0.717, 1.165) is 17.9 Å². The third-order valence-electron chi connectivity index (χ3n) is 6.19. The van der Waals surface area contributed by atoms with Gasteiger partial charge in [-0.05, 0) is 42.9 Å². The zero-order valence-electron chi connectivity index (χ0n) is 13.2. The second kappa shape index (κ2) is 5.37. The summed E-state index contributed by atoms with van der Waals surface area (Å²) in [6, 6.07) is 0.958. The molecule has 3 unspecified atom stereocenters. The zero-order valence-corrected chi connectivity index (χ0v) is 13.2. The van der Waals surface area contributed by atoms with Gasteiger partial charge in [-0.25, -0.2) is 0 Å². The Morgan fingerprint density at radius 3 is 2.26 bits per heavy atom. The van der Waals surface area contributed by atoms with Crippen molar-refractivity contribution >= 4 is 0 Å². The highest BCUT2D eigenvalue weighted by Gasteiger charge is 2.42. The molecule has 2 heteroatoms. The summed E-state index contributed by atoms with van der Waals surface area (Å²) in [6.45, 7) is 13.7. The first-order valence-electron chi connectivity index (χ1n) is 8.54. The molecule has 2 aliphatic carbocycles. The third kappa shape index (κ3) is 3.00. The molecule has 3 atom stereocenters. The van der Waals surface area contributed by atoms with Crippen molar-refractivity contribution in [2.75, 3.05) is 32.7 Å². The maximum atomic E-state index is 2.83. The average molecular weight is 264 g/mol. The maximum absolute atomic E-state index is 2.83. The molecule has 1 heterocycles. The van der Waals surface area contributed by atoms with Crippen LogP contribution in [0.3, 0.4) is 0 Å². The van der Waals surface area contributed by atoms with Gasteiger partial charge in [0.05, 0.1) is 0 Å². The minimum atomic E-state index is 0.495. The lowest BCUT2D eigenvalue weighted by atomic mass is 9.89. The summed E-state index contributed by atoms with van der Waals surface area (Å²) in [5.74, 6) is 2.15. The monoisotopic (exact) mass is 264 g/mol. The van der Waals surface area contributed by atoms with E-state index in [1.165, 1.54) is 58.4 Å². The fourth-order valence-corrected chi connectivity index (χ4v) is 4.63. The number of hydrogen-bond acceptors (Lipinski definition) is 2. The quantitative estimate of drug-likeness (QED) is 0.769. The summed E-state index contributed by atoms with van der Waals surface area (Å²) < 4.78 is 0. The van der Waals surface area contributed by atoms with E-state index < -0.39 is 0 Å². The molecule has 0 spiro atoms. The molecule has 2 saturated carbocycles. The van der Waals surface area contributed by atoms with E-state index >= 15 is 0 Å². The molecule has 0 radical (unpaired) electrons. The van der Waals surface area contributed by atoms with Crippen molar-refractivity contribution in [1.82, 2.24) is 9.80 Å². The average Bonchev–Trinajstić information content (AvgIpc) is 3.01. The molecule has 3 aliphatic rings. The molecule has 3 rings (SSSR count). The molecule has 0 amide bonds. The van der Waals surface area contributed by atoms with Gasteiger partial charge in [-0.3, -0.25) is 4.90 Å². The number of nitrogens with zero attached hydrogens (tertiary/aromatic N) is 2. The Labute approximate surface area is 119 Å². The lowest BCUT2D eigenvalue weighted by Gasteiger charge is -2.43. The van der Waals surface area contributed by atoms with Gasteiger partial charge < -0.3 is 4.90 Å². The van der Waals surface area contributed by atoms with E-state index in [1.54, 1.807) is 6.42 Å². The summed E-state index contributed by atoms with van der Waals surface area (Å²) >= 11 is 0. The van der Waals surface area contributed by atoms with Crippen LogP contribution >= 0.6 is 0 Å². The summed E-state index contributed by atoms with van der Waals surface area (Å²) in [7, 11) is 0. The van der Waals surface area contributed by atoms with Gasteiger partial charge in [0.2, 0.25) is 0 Å². The van der Waals surface area contributed by atoms with Crippen LogP contribution in [0.1, 0.15) is 52.9 Å². The Morgan fingerprint density at radius 1 is 1.00 bits per heavy atom. The van der Waals surface area contributed by atoms with Crippen LogP contribution in [0, 0.1) is 17.3 Å². The van der Waals surface area contributed by atoms with Gasteiger partial charge in [0.15, 0.2) is 0 Å². The Kier molecular flexibility index (Phi) is 3.92. The van der Waals surface area contributed by atoms with E-state index in [4.69, 9.17) is 0 Å². The first-order valence-corrected chi connectivity index (χ1v) is 8.54. The van der Waals surface area contributed by atoms with E-state index in [0.29, 0.717) is 5.41 Å². The molecule has 0 N–H and O–H groups in total. The van der Waals surface area contributed by atoms with Gasteiger partial charge in [-0.1, -0.05) is 27.2 Å². The van der Waals surface area contributed by atoms with Gasteiger partial charge in [-0.15, -0.1) is 0 Å². The van der Waals surface area contributed by atoms with Crippen LogP contribution in [0.5, 0.6) is 0 Å². The predicted octanol–water partition coefficient (Wildman–Crippen LogP) is 3.23. The Morgan fingerprint density at radius 2 is 1.74 bits per heavy atom. The van der Waals surface area contributed by atoms with Crippen LogP contribution in [0.25, 0.3) is 0 Å². The number of piperazine rings is 1. The normalized spacial score (nSPS) is 37.1. The molecular formula is C17H32N2. The van der Waals surface area contributed by atoms with E-state index in [9.17, 15) is 0 Å². The molecule has 2 bridgehead atoms. The Balaban J connectivity index is 1.47. The fraction of sp³-hybridized carbons (Fsp3) is 1.00. The molecule has 0 aromatic heterocycles. The second-order valence-electron chi connectivity index (χ2n) is 8.07. The summed E-state index contributed by atoms with van der Waals surface area (Å²) in [5, 5.41) is 0.